The van der Waals surface area contributed by atoms with E-state index in [1.807, 2.05) is 0 Å². The highest BCUT2D eigenvalue weighted by atomic mass is 16.6. The van der Waals surface area contributed by atoms with E-state index in [2.05, 4.69) is 26.8 Å². The molecule has 28 heavy (non-hydrogen) atoms. The second-order valence-corrected chi connectivity index (χ2v) is 9.72. The van der Waals surface area contributed by atoms with Crippen molar-refractivity contribution in [3.8, 4) is 0 Å². The van der Waals surface area contributed by atoms with Gasteiger partial charge in [-0.2, -0.15) is 0 Å². The van der Waals surface area contributed by atoms with E-state index >= 15 is 0 Å². The van der Waals surface area contributed by atoms with Crippen molar-refractivity contribution in [1.82, 2.24) is 0 Å². The molecule has 2 heterocycles. The third kappa shape index (κ3) is 4.61. The molecular weight excluding hydrogens is 360 g/mol. The van der Waals surface area contributed by atoms with Crippen LogP contribution < -0.4 is 0 Å². The quantitative estimate of drug-likeness (QED) is 0.386. The SMILES string of the molecule is CO[C@@H]1[C@H](OC(=O)CCC(C)(C)O)CCC2(CO2)[C@H]1[C@@]1(C)O[C@@H]1CC=C(C)C. The highest BCUT2D eigenvalue weighted by Gasteiger charge is 2.72. The Morgan fingerprint density at radius 1 is 1.36 bits per heavy atom. The molecule has 0 aromatic heterocycles. The van der Waals surface area contributed by atoms with Crippen molar-refractivity contribution in [2.45, 2.75) is 102 Å². The first kappa shape index (κ1) is 21.8. The molecule has 2 aliphatic heterocycles. The van der Waals surface area contributed by atoms with Crippen molar-refractivity contribution in [1.29, 1.82) is 0 Å². The van der Waals surface area contributed by atoms with Crippen LogP contribution in [0.25, 0.3) is 0 Å². The molecule has 0 radical (unpaired) electrons. The highest BCUT2D eigenvalue weighted by Crippen LogP contribution is 2.59. The molecule has 0 aromatic rings. The Hall–Kier alpha value is -0.950. The maximum Gasteiger partial charge on any atom is 0.306 e. The molecular formula is C22H36O6. The van der Waals surface area contributed by atoms with Gasteiger partial charge in [0.2, 0.25) is 0 Å². The third-order valence-corrected chi connectivity index (χ3v) is 6.46. The van der Waals surface area contributed by atoms with Crippen LogP contribution in [0, 0.1) is 5.92 Å². The Labute approximate surface area is 168 Å². The van der Waals surface area contributed by atoms with Gasteiger partial charge >= 0.3 is 5.97 Å². The molecule has 0 bridgehead atoms. The number of methoxy groups -OCH3 is 1. The zero-order valence-corrected chi connectivity index (χ0v) is 18.1. The Morgan fingerprint density at radius 2 is 2.04 bits per heavy atom. The first-order valence-corrected chi connectivity index (χ1v) is 10.4. The molecule has 3 rings (SSSR count). The van der Waals surface area contributed by atoms with E-state index in [0.717, 1.165) is 19.3 Å². The van der Waals surface area contributed by atoms with Crippen molar-refractivity contribution in [2.24, 2.45) is 5.92 Å². The number of hydrogen-bond donors (Lipinski definition) is 1. The van der Waals surface area contributed by atoms with Crippen LogP contribution in [-0.4, -0.2) is 59.9 Å². The molecule has 0 amide bonds. The molecule has 1 aliphatic carbocycles. The third-order valence-electron chi connectivity index (χ3n) is 6.46. The maximum atomic E-state index is 12.4. The van der Waals surface area contributed by atoms with E-state index in [4.69, 9.17) is 18.9 Å². The number of epoxide rings is 2. The lowest BCUT2D eigenvalue weighted by Gasteiger charge is -2.42. The van der Waals surface area contributed by atoms with Crippen LogP contribution in [0.4, 0.5) is 0 Å². The van der Waals surface area contributed by atoms with Crippen molar-refractivity contribution >= 4 is 5.97 Å². The monoisotopic (exact) mass is 396 g/mol. The fourth-order valence-electron chi connectivity index (χ4n) is 4.71. The molecule has 1 spiro atoms. The summed E-state index contributed by atoms with van der Waals surface area (Å²) >= 11 is 0. The minimum Gasteiger partial charge on any atom is -0.460 e. The number of carbonyl (C=O) groups excluding carboxylic acids is 1. The second-order valence-electron chi connectivity index (χ2n) is 9.72. The summed E-state index contributed by atoms with van der Waals surface area (Å²) in [6.45, 7) is 10.4. The fraction of sp³-hybridized carbons (Fsp3) is 0.864. The van der Waals surface area contributed by atoms with E-state index in [9.17, 15) is 9.90 Å². The van der Waals surface area contributed by atoms with Crippen molar-refractivity contribution < 1.29 is 28.8 Å². The van der Waals surface area contributed by atoms with E-state index in [-0.39, 0.29) is 47.8 Å². The predicted molar refractivity (Wildman–Crippen MR) is 105 cm³/mol. The normalized spacial score (nSPS) is 39.5. The molecule has 6 nitrogen and oxygen atoms in total. The molecule has 0 aromatic carbocycles. The summed E-state index contributed by atoms with van der Waals surface area (Å²) in [5.41, 5.74) is -0.151. The summed E-state index contributed by atoms with van der Waals surface area (Å²) in [4.78, 5) is 12.4. The summed E-state index contributed by atoms with van der Waals surface area (Å²) in [6, 6.07) is 0. The zero-order valence-electron chi connectivity index (χ0n) is 18.1. The van der Waals surface area contributed by atoms with E-state index in [1.165, 1.54) is 5.57 Å². The molecule has 3 fully saturated rings. The Morgan fingerprint density at radius 3 is 2.57 bits per heavy atom. The first-order valence-electron chi connectivity index (χ1n) is 10.4. The largest absolute Gasteiger partial charge is 0.460 e. The lowest BCUT2D eigenvalue weighted by molar-refractivity contribution is -0.172. The van der Waals surface area contributed by atoms with E-state index in [0.29, 0.717) is 13.0 Å². The van der Waals surface area contributed by atoms with Crippen LogP contribution in [0.3, 0.4) is 0 Å². The molecule has 160 valence electrons. The van der Waals surface area contributed by atoms with Gasteiger partial charge in [0.05, 0.1) is 24.2 Å². The van der Waals surface area contributed by atoms with Gasteiger partial charge < -0.3 is 24.1 Å². The van der Waals surface area contributed by atoms with Crippen molar-refractivity contribution in [3.63, 3.8) is 0 Å². The molecule has 6 atom stereocenters. The van der Waals surface area contributed by atoms with Gasteiger partial charge in [-0.3, -0.25) is 4.79 Å². The Balaban J connectivity index is 1.69. The van der Waals surface area contributed by atoms with Gasteiger partial charge in [-0.1, -0.05) is 11.6 Å². The molecule has 1 saturated carbocycles. The number of aliphatic hydroxyl groups is 1. The molecule has 1 N–H and O–H groups in total. The first-order chi connectivity index (χ1) is 13.0. The molecule has 1 unspecified atom stereocenters. The zero-order chi connectivity index (χ0) is 20.7. The van der Waals surface area contributed by atoms with Gasteiger partial charge in [-0.25, -0.2) is 0 Å². The standard InChI is InChI=1S/C22H36O6/c1-14(2)7-8-16-21(5,28-16)19-18(25-6)15(9-12-22(19)13-26-22)27-17(23)10-11-20(3,4)24/h7,15-16,18-19,24H,8-13H2,1-6H3/t15-,16-,18-,19-,21+,22?/m1/s1. The minimum absolute atomic E-state index is 0.0291. The number of carbonyl (C=O) groups is 1. The molecule has 2 saturated heterocycles. The van der Waals surface area contributed by atoms with Gasteiger partial charge in [0.1, 0.15) is 23.4 Å². The van der Waals surface area contributed by atoms with Crippen LogP contribution >= 0.6 is 0 Å². The average Bonchev–Trinajstić information content (AvgIpc) is 3.50. The van der Waals surface area contributed by atoms with Gasteiger partial charge in [-0.15, -0.1) is 0 Å². The number of allylic oxidation sites excluding steroid dienone is 1. The van der Waals surface area contributed by atoms with Crippen molar-refractivity contribution in [2.75, 3.05) is 13.7 Å². The van der Waals surface area contributed by atoms with Crippen LogP contribution in [-0.2, 0) is 23.7 Å². The molecule has 3 aliphatic rings. The summed E-state index contributed by atoms with van der Waals surface area (Å²) in [5, 5.41) is 9.85. The van der Waals surface area contributed by atoms with E-state index in [1.54, 1.807) is 21.0 Å². The van der Waals surface area contributed by atoms with Gasteiger partial charge in [-0.05, 0) is 60.3 Å². The summed E-state index contributed by atoms with van der Waals surface area (Å²) < 4.78 is 23.8. The predicted octanol–water partition coefficient (Wildman–Crippen LogP) is 3.16. The van der Waals surface area contributed by atoms with Gasteiger partial charge in [0.25, 0.3) is 0 Å². The highest BCUT2D eigenvalue weighted by molar-refractivity contribution is 5.69. The number of rotatable bonds is 8. The van der Waals surface area contributed by atoms with Crippen molar-refractivity contribution in [3.05, 3.63) is 11.6 Å². The fourth-order valence-corrected chi connectivity index (χ4v) is 4.71. The Bertz CT molecular complexity index is 613. The minimum atomic E-state index is -0.881. The van der Waals surface area contributed by atoms with Crippen LogP contribution in [0.5, 0.6) is 0 Å². The lowest BCUT2D eigenvalue weighted by Crippen LogP contribution is -2.55. The van der Waals surface area contributed by atoms with Crippen LogP contribution in [0.1, 0.15) is 66.7 Å². The van der Waals surface area contributed by atoms with Crippen LogP contribution in [0.2, 0.25) is 0 Å². The van der Waals surface area contributed by atoms with Gasteiger partial charge in [0.15, 0.2) is 0 Å². The topological polar surface area (TPSA) is 80.8 Å². The van der Waals surface area contributed by atoms with E-state index < -0.39 is 5.60 Å². The van der Waals surface area contributed by atoms with Crippen LogP contribution in [0.15, 0.2) is 11.6 Å². The number of hydrogen-bond acceptors (Lipinski definition) is 6. The summed E-state index contributed by atoms with van der Waals surface area (Å²) in [6.07, 6.45) is 4.77. The molecule has 6 heteroatoms. The smallest absolute Gasteiger partial charge is 0.306 e. The maximum absolute atomic E-state index is 12.4. The summed E-state index contributed by atoms with van der Waals surface area (Å²) in [5.74, 6) is -0.259. The average molecular weight is 397 g/mol. The Kier molecular flexibility index (Phi) is 5.99. The summed E-state index contributed by atoms with van der Waals surface area (Å²) in [7, 11) is 1.67. The number of esters is 1. The number of ether oxygens (including phenoxy) is 4. The van der Waals surface area contributed by atoms with Gasteiger partial charge in [0, 0.05) is 13.5 Å². The lowest BCUT2D eigenvalue weighted by atomic mass is 9.68. The second kappa shape index (κ2) is 7.71.